The third kappa shape index (κ3) is 3.43. The number of amides is 4. The van der Waals surface area contributed by atoms with Gasteiger partial charge in [-0.05, 0) is 23.3 Å². The lowest BCUT2D eigenvalue weighted by molar-refractivity contribution is -0.124. The van der Waals surface area contributed by atoms with Crippen molar-refractivity contribution in [1.29, 1.82) is 0 Å². The van der Waals surface area contributed by atoms with E-state index >= 15 is 0 Å². The Morgan fingerprint density at radius 2 is 1.79 bits per heavy atom. The number of hydrogen-bond donors (Lipinski definition) is 2. The lowest BCUT2D eigenvalue weighted by atomic mass is 10.0. The van der Waals surface area contributed by atoms with Crippen LogP contribution in [0.1, 0.15) is 10.4 Å². The Balaban J connectivity index is 1.61. The minimum atomic E-state index is -0.416. The van der Waals surface area contributed by atoms with Crippen molar-refractivity contribution in [2.75, 3.05) is 19.6 Å². The zero-order valence-electron chi connectivity index (χ0n) is 13.0. The Morgan fingerprint density at radius 1 is 1.04 bits per heavy atom. The molecule has 0 aliphatic carbocycles. The van der Waals surface area contributed by atoms with Crippen molar-refractivity contribution in [1.82, 2.24) is 15.5 Å². The van der Waals surface area contributed by atoms with Crippen LogP contribution in [0.25, 0.3) is 11.1 Å². The van der Waals surface area contributed by atoms with Crippen molar-refractivity contribution in [3.05, 3.63) is 60.2 Å². The molecule has 2 aromatic rings. The zero-order chi connectivity index (χ0) is 16.9. The normalized spacial score (nSPS) is 13.8. The highest BCUT2D eigenvalue weighted by Gasteiger charge is 2.27. The Morgan fingerprint density at radius 3 is 2.50 bits per heavy atom. The highest BCUT2D eigenvalue weighted by atomic mass is 16.2. The molecule has 0 spiro atoms. The summed E-state index contributed by atoms with van der Waals surface area (Å²) in [5.74, 6) is -0.514. The monoisotopic (exact) mass is 323 g/mol. The molecule has 1 fully saturated rings. The van der Waals surface area contributed by atoms with Gasteiger partial charge in [0.15, 0.2) is 0 Å². The minimum absolute atomic E-state index is 0.0197. The highest BCUT2D eigenvalue weighted by Crippen LogP contribution is 2.19. The third-order valence-corrected chi connectivity index (χ3v) is 3.79. The number of nitrogens with zero attached hydrogens (tertiary/aromatic N) is 1. The molecular weight excluding hydrogens is 306 g/mol. The van der Waals surface area contributed by atoms with Gasteiger partial charge >= 0.3 is 6.03 Å². The molecule has 3 rings (SSSR count). The summed E-state index contributed by atoms with van der Waals surface area (Å²) in [4.78, 5) is 36.2. The smallest absolute Gasteiger partial charge is 0.324 e. The Hall–Kier alpha value is -3.15. The van der Waals surface area contributed by atoms with Crippen molar-refractivity contribution in [2.45, 2.75) is 0 Å². The second-order valence-electron chi connectivity index (χ2n) is 5.41. The molecule has 4 amide bonds. The van der Waals surface area contributed by atoms with Crippen LogP contribution in [-0.4, -0.2) is 42.4 Å². The Bertz CT molecular complexity index is 758. The Kier molecular flexibility index (Phi) is 4.56. The first-order valence-electron chi connectivity index (χ1n) is 7.67. The highest BCUT2D eigenvalue weighted by molar-refractivity contribution is 6.02. The van der Waals surface area contributed by atoms with Crippen molar-refractivity contribution >= 4 is 17.8 Å². The molecule has 122 valence electrons. The van der Waals surface area contributed by atoms with Crippen LogP contribution in [0.15, 0.2) is 54.6 Å². The van der Waals surface area contributed by atoms with E-state index in [2.05, 4.69) is 10.6 Å². The fourth-order valence-electron chi connectivity index (χ4n) is 2.54. The van der Waals surface area contributed by atoms with Gasteiger partial charge in [0.2, 0.25) is 5.91 Å². The quantitative estimate of drug-likeness (QED) is 0.821. The summed E-state index contributed by atoms with van der Waals surface area (Å²) >= 11 is 0. The van der Waals surface area contributed by atoms with Crippen molar-refractivity contribution in [3.8, 4) is 11.1 Å². The molecule has 0 bridgehead atoms. The number of urea groups is 1. The molecule has 24 heavy (non-hydrogen) atoms. The van der Waals surface area contributed by atoms with Gasteiger partial charge in [-0.25, -0.2) is 4.79 Å². The molecule has 6 nitrogen and oxygen atoms in total. The molecule has 0 saturated carbocycles. The molecule has 0 unspecified atom stereocenters. The van der Waals surface area contributed by atoms with Crippen LogP contribution in [0.3, 0.4) is 0 Å². The van der Waals surface area contributed by atoms with Gasteiger partial charge in [0.1, 0.15) is 0 Å². The van der Waals surface area contributed by atoms with Crippen LogP contribution in [0.2, 0.25) is 0 Å². The zero-order valence-corrected chi connectivity index (χ0v) is 13.0. The Labute approximate surface area is 139 Å². The van der Waals surface area contributed by atoms with E-state index < -0.39 is 6.03 Å². The predicted molar refractivity (Wildman–Crippen MR) is 89.3 cm³/mol. The standard InChI is InChI=1S/C18H17N3O3/c22-16-12-20-18(24)21(16)10-9-19-17(23)15-8-4-7-14(11-15)13-5-2-1-3-6-13/h1-8,11H,9-10,12H2,(H,19,23)(H,20,24). The molecule has 1 saturated heterocycles. The number of hydrogen-bond acceptors (Lipinski definition) is 3. The summed E-state index contributed by atoms with van der Waals surface area (Å²) in [6.45, 7) is 0.397. The topological polar surface area (TPSA) is 78.5 Å². The second-order valence-corrected chi connectivity index (χ2v) is 5.41. The molecule has 2 N–H and O–H groups in total. The largest absolute Gasteiger partial charge is 0.350 e. The van der Waals surface area contributed by atoms with Gasteiger partial charge in [0, 0.05) is 18.7 Å². The lowest BCUT2D eigenvalue weighted by Crippen LogP contribution is -2.38. The van der Waals surface area contributed by atoms with E-state index in [1.54, 1.807) is 6.07 Å². The van der Waals surface area contributed by atoms with Crippen molar-refractivity contribution in [3.63, 3.8) is 0 Å². The van der Waals surface area contributed by atoms with Crippen LogP contribution < -0.4 is 10.6 Å². The molecule has 6 heteroatoms. The predicted octanol–water partition coefficient (Wildman–Crippen LogP) is 1.64. The molecule has 0 radical (unpaired) electrons. The molecule has 1 aliphatic rings. The first-order valence-corrected chi connectivity index (χ1v) is 7.67. The summed E-state index contributed by atoms with van der Waals surface area (Å²) in [5.41, 5.74) is 2.53. The number of carbonyl (C=O) groups excluding carboxylic acids is 3. The minimum Gasteiger partial charge on any atom is -0.350 e. The van der Waals surface area contributed by atoms with Crippen LogP contribution in [0.4, 0.5) is 4.79 Å². The molecular formula is C18H17N3O3. The van der Waals surface area contributed by atoms with Crippen LogP contribution in [-0.2, 0) is 4.79 Å². The summed E-state index contributed by atoms with van der Waals surface area (Å²) < 4.78 is 0. The van der Waals surface area contributed by atoms with Gasteiger partial charge in [-0.1, -0.05) is 42.5 Å². The van der Waals surface area contributed by atoms with Gasteiger partial charge in [-0.2, -0.15) is 0 Å². The maximum absolute atomic E-state index is 12.2. The number of imide groups is 1. The third-order valence-electron chi connectivity index (χ3n) is 3.79. The van der Waals surface area contributed by atoms with Gasteiger partial charge in [0.05, 0.1) is 6.54 Å². The van der Waals surface area contributed by atoms with Gasteiger partial charge in [-0.3, -0.25) is 14.5 Å². The van der Waals surface area contributed by atoms with E-state index in [0.717, 1.165) is 16.0 Å². The van der Waals surface area contributed by atoms with Crippen LogP contribution >= 0.6 is 0 Å². The van der Waals surface area contributed by atoms with Crippen molar-refractivity contribution in [2.24, 2.45) is 0 Å². The van der Waals surface area contributed by atoms with Gasteiger partial charge in [-0.15, -0.1) is 0 Å². The number of rotatable bonds is 5. The van der Waals surface area contributed by atoms with E-state index in [1.165, 1.54) is 0 Å². The van der Waals surface area contributed by atoms with Crippen LogP contribution in [0, 0.1) is 0 Å². The average Bonchev–Trinajstić information content (AvgIpc) is 2.94. The van der Waals surface area contributed by atoms with Crippen molar-refractivity contribution < 1.29 is 14.4 Å². The molecule has 1 heterocycles. The maximum Gasteiger partial charge on any atom is 0.324 e. The fraction of sp³-hybridized carbons (Fsp3) is 0.167. The maximum atomic E-state index is 12.2. The lowest BCUT2D eigenvalue weighted by Gasteiger charge is -2.13. The van der Waals surface area contributed by atoms with Gasteiger partial charge in [0.25, 0.3) is 5.91 Å². The summed E-state index contributed by atoms with van der Waals surface area (Å²) in [5, 5.41) is 5.17. The number of nitrogens with one attached hydrogen (secondary N) is 2. The summed E-state index contributed by atoms with van der Waals surface area (Å²) in [7, 11) is 0. The van der Waals surface area contributed by atoms with E-state index in [-0.39, 0.29) is 31.4 Å². The van der Waals surface area contributed by atoms with E-state index in [4.69, 9.17) is 0 Å². The molecule has 0 aromatic heterocycles. The van der Waals surface area contributed by atoms with Gasteiger partial charge < -0.3 is 10.6 Å². The SMILES string of the molecule is O=C(NCCN1C(=O)CNC1=O)c1cccc(-c2ccccc2)c1. The molecule has 1 aliphatic heterocycles. The van der Waals surface area contributed by atoms with E-state index in [0.29, 0.717) is 5.56 Å². The first kappa shape index (κ1) is 15.7. The summed E-state index contributed by atoms with van der Waals surface area (Å²) in [6, 6.07) is 16.7. The summed E-state index contributed by atoms with van der Waals surface area (Å²) in [6.07, 6.45) is 0. The molecule has 0 atom stereocenters. The van der Waals surface area contributed by atoms with E-state index in [1.807, 2.05) is 48.5 Å². The van der Waals surface area contributed by atoms with E-state index in [9.17, 15) is 14.4 Å². The van der Waals surface area contributed by atoms with Crippen LogP contribution in [0.5, 0.6) is 0 Å². The first-order chi connectivity index (χ1) is 11.6. The number of benzene rings is 2. The molecule has 2 aromatic carbocycles. The second kappa shape index (κ2) is 6.95. The average molecular weight is 323 g/mol. The fourth-order valence-corrected chi connectivity index (χ4v) is 2.54. The number of carbonyl (C=O) groups is 3.